The fourth-order valence-electron chi connectivity index (χ4n) is 0.641. The maximum atomic E-state index is 12.0. The number of hydrogen-bond donors (Lipinski definition) is 1. The molecule has 0 aromatic rings. The summed E-state index contributed by atoms with van der Waals surface area (Å²) in [6.45, 7) is 0. The van der Waals surface area contributed by atoms with Crippen molar-refractivity contribution in [3.8, 4) is 0 Å². The van der Waals surface area contributed by atoms with Gasteiger partial charge < -0.3 is 0 Å². The first-order valence-corrected chi connectivity index (χ1v) is 11.1. The number of halogens is 12. The van der Waals surface area contributed by atoms with E-state index in [1.165, 1.54) is 0 Å². The second-order valence-corrected chi connectivity index (χ2v) is 11.6. The van der Waals surface area contributed by atoms with Crippen LogP contribution in [0.5, 0.6) is 0 Å². The highest BCUT2D eigenvalue weighted by Crippen LogP contribution is 2.41. The molecule has 184 valence electrons. The Hall–Kier alpha value is -1.12. The van der Waals surface area contributed by atoms with Crippen molar-refractivity contribution in [1.29, 1.82) is 0 Å². The number of nitrogens with zero attached hydrogens (tertiary/aromatic N) is 1. The molecular weight excluding hydrogens is 560 g/mol. The van der Waals surface area contributed by atoms with Crippen LogP contribution in [-0.4, -0.2) is 58.8 Å². The Balaban J connectivity index is 0. The lowest BCUT2D eigenvalue weighted by Crippen LogP contribution is -2.55. The van der Waals surface area contributed by atoms with Gasteiger partial charge in [0, 0.05) is 3.12 Å². The molecule has 0 radical (unpaired) electrons. The van der Waals surface area contributed by atoms with Crippen LogP contribution < -0.4 is 5.14 Å². The molecule has 10 nitrogen and oxygen atoms in total. The number of nitrogens with two attached hydrogens (primary N) is 1. The van der Waals surface area contributed by atoms with Gasteiger partial charge in [0.1, 0.15) is 0 Å². The first-order chi connectivity index (χ1) is 12.4. The van der Waals surface area contributed by atoms with Crippen LogP contribution >= 0.6 is 0 Å². The standard InChI is InChI=1S/C3F9NO6S3.CH2F3NO2S/c4-1(5,6)20(14,15)13(21(16,17)2(7,8)9)22(18,19)3(10,11)12;2-1(3,4)8(5,6)7/h;(H2,5,6,7). The van der Waals surface area contributed by atoms with Gasteiger partial charge in [-0.3, -0.25) is 0 Å². The van der Waals surface area contributed by atoms with E-state index in [9.17, 15) is 86.4 Å². The van der Waals surface area contributed by atoms with E-state index in [2.05, 4.69) is 5.14 Å². The number of hydrogen-bond acceptors (Lipinski definition) is 8. The van der Waals surface area contributed by atoms with Gasteiger partial charge in [0.2, 0.25) is 0 Å². The zero-order valence-electron chi connectivity index (χ0n) is 12.5. The second-order valence-electron chi connectivity index (χ2n) is 3.98. The third-order valence-electron chi connectivity index (χ3n) is 1.79. The van der Waals surface area contributed by atoms with Crippen molar-refractivity contribution in [3.63, 3.8) is 0 Å². The lowest BCUT2D eigenvalue weighted by Gasteiger charge is -2.23. The normalized spacial score (nSPS) is 15.5. The van der Waals surface area contributed by atoms with Crippen LogP contribution in [0.4, 0.5) is 52.7 Å². The van der Waals surface area contributed by atoms with E-state index in [-0.39, 0.29) is 0 Å². The Labute approximate surface area is 157 Å². The summed E-state index contributed by atoms with van der Waals surface area (Å²) in [5.74, 6) is 0. The zero-order valence-corrected chi connectivity index (χ0v) is 15.7. The smallest absolute Gasteiger partial charge is 0.221 e. The fraction of sp³-hybridized carbons (Fsp3) is 1.00. The Morgan fingerprint density at radius 1 is 0.433 bits per heavy atom. The minimum absolute atomic E-state index is 3.65. The monoisotopic (exact) mass is 562 g/mol. The molecule has 0 aromatic carbocycles. The molecule has 0 aliphatic rings. The van der Waals surface area contributed by atoms with E-state index in [1.54, 1.807) is 0 Å². The molecule has 0 saturated heterocycles. The average Bonchev–Trinajstić information content (AvgIpc) is 2.30. The number of rotatable bonds is 3. The van der Waals surface area contributed by atoms with Gasteiger partial charge in [0.25, 0.3) is 0 Å². The number of primary sulfonamides is 1. The van der Waals surface area contributed by atoms with Gasteiger partial charge in [-0.1, -0.05) is 0 Å². The minimum atomic E-state index is -8.10. The number of sulfonamides is 4. The van der Waals surface area contributed by atoms with Gasteiger partial charge in [0.15, 0.2) is 0 Å². The molecule has 26 heteroatoms. The van der Waals surface area contributed by atoms with Gasteiger partial charge in [0.05, 0.1) is 0 Å². The molecule has 0 unspecified atom stereocenters. The largest absolute Gasteiger partial charge is 0.513 e. The summed E-state index contributed by atoms with van der Waals surface area (Å²) in [5.41, 5.74) is -26.6. The molecule has 0 aliphatic heterocycles. The van der Waals surface area contributed by atoms with Crippen LogP contribution in [0.25, 0.3) is 0 Å². The first kappa shape index (κ1) is 31.1. The summed E-state index contributed by atoms with van der Waals surface area (Å²) >= 11 is 0. The van der Waals surface area contributed by atoms with Crippen LogP contribution in [0, 0.1) is 0 Å². The van der Waals surface area contributed by atoms with E-state index in [4.69, 9.17) is 0 Å². The van der Waals surface area contributed by atoms with Crippen molar-refractivity contribution in [2.45, 2.75) is 22.0 Å². The molecule has 0 aliphatic carbocycles. The van der Waals surface area contributed by atoms with Crippen molar-refractivity contribution >= 4 is 40.1 Å². The highest BCUT2D eigenvalue weighted by Gasteiger charge is 2.71. The Morgan fingerprint density at radius 3 is 0.633 bits per heavy atom. The molecule has 0 rings (SSSR count). The summed E-state index contributed by atoms with van der Waals surface area (Å²) in [4.78, 5) is 0. The van der Waals surface area contributed by atoms with Crippen molar-refractivity contribution in [3.05, 3.63) is 0 Å². The van der Waals surface area contributed by atoms with Crippen LogP contribution in [0.1, 0.15) is 0 Å². The van der Waals surface area contributed by atoms with Gasteiger partial charge in [-0.25, -0.2) is 38.8 Å². The molecule has 0 fully saturated rings. The molecule has 0 spiro atoms. The first-order valence-electron chi connectivity index (χ1n) is 5.20. The highest BCUT2D eigenvalue weighted by atomic mass is 32.3. The Bertz CT molecular complexity index is 937. The molecule has 2 N–H and O–H groups in total. The average molecular weight is 562 g/mol. The van der Waals surface area contributed by atoms with E-state index in [1.807, 2.05) is 0 Å². The van der Waals surface area contributed by atoms with Gasteiger partial charge in [-0.2, -0.15) is 52.7 Å². The quantitative estimate of drug-likeness (QED) is 0.489. The van der Waals surface area contributed by atoms with E-state index in [0.29, 0.717) is 0 Å². The third-order valence-corrected chi connectivity index (χ3v) is 8.90. The molecule has 0 bridgehead atoms. The van der Waals surface area contributed by atoms with Gasteiger partial charge in [-0.05, 0) is 0 Å². The number of alkyl halides is 12. The van der Waals surface area contributed by atoms with E-state index in [0.717, 1.165) is 0 Å². The highest BCUT2D eigenvalue weighted by molar-refractivity contribution is 8.18. The van der Waals surface area contributed by atoms with Crippen LogP contribution in [0.15, 0.2) is 0 Å². The van der Waals surface area contributed by atoms with Crippen molar-refractivity contribution in [1.82, 2.24) is 3.12 Å². The molecule has 0 amide bonds. The zero-order chi connectivity index (χ0) is 25.6. The summed E-state index contributed by atoms with van der Waals surface area (Å²) < 4.78 is 219. The predicted molar refractivity (Wildman–Crippen MR) is 65.9 cm³/mol. The lowest BCUT2D eigenvalue weighted by molar-refractivity contribution is -0.0556. The van der Waals surface area contributed by atoms with E-state index >= 15 is 0 Å². The van der Waals surface area contributed by atoms with Crippen molar-refractivity contribution in [2.24, 2.45) is 5.14 Å². The topological polar surface area (TPSA) is 166 Å². The van der Waals surface area contributed by atoms with Crippen LogP contribution in [-0.2, 0) is 40.1 Å². The Morgan fingerprint density at radius 2 is 0.567 bits per heavy atom. The van der Waals surface area contributed by atoms with Crippen LogP contribution in [0.3, 0.4) is 0 Å². The van der Waals surface area contributed by atoms with Gasteiger partial charge in [-0.15, -0.1) is 0 Å². The third kappa shape index (κ3) is 6.44. The molecule has 0 heterocycles. The summed E-state index contributed by atoms with van der Waals surface area (Å²) in [5, 5.41) is 3.66. The summed E-state index contributed by atoms with van der Waals surface area (Å²) in [6.07, 6.45) is 0. The molecule has 0 saturated carbocycles. The molecule has 0 aromatic heterocycles. The van der Waals surface area contributed by atoms with Crippen molar-refractivity contribution < 1.29 is 86.4 Å². The minimum Gasteiger partial charge on any atom is -0.221 e. The van der Waals surface area contributed by atoms with Crippen molar-refractivity contribution in [2.75, 3.05) is 0 Å². The fourth-order valence-corrected chi connectivity index (χ4v) is 5.77. The maximum absolute atomic E-state index is 12.0. The summed E-state index contributed by atoms with van der Waals surface area (Å²) in [7, 11) is -29.6. The SMILES string of the molecule is NS(=O)(=O)C(F)(F)F.O=S(=O)(N(S(=O)(=O)C(F)(F)F)S(=O)(=O)C(F)(F)F)C(F)(F)F. The van der Waals surface area contributed by atoms with E-state index < -0.39 is 65.2 Å². The predicted octanol–water partition coefficient (Wildman–Crippen LogP) is 0.632. The second kappa shape index (κ2) is 8.10. The maximum Gasteiger partial charge on any atom is 0.513 e. The molecule has 0 atom stereocenters. The summed E-state index contributed by atoms with van der Waals surface area (Å²) in [6, 6.07) is 0. The molecular formula is C4H2F12N2O8S4. The van der Waals surface area contributed by atoms with Gasteiger partial charge >= 0.3 is 62.1 Å². The van der Waals surface area contributed by atoms with Crippen LogP contribution in [0.2, 0.25) is 0 Å². The Kier molecular flexibility index (Phi) is 8.38. The lowest BCUT2D eigenvalue weighted by atomic mass is 11.6. The molecule has 30 heavy (non-hydrogen) atoms.